The number of halogens is 1. The second-order valence-electron chi connectivity index (χ2n) is 6.35. The van der Waals surface area contributed by atoms with E-state index in [1.165, 1.54) is 29.1 Å². The van der Waals surface area contributed by atoms with Crippen molar-refractivity contribution >= 4 is 41.3 Å². The molecule has 0 radical (unpaired) electrons. The highest BCUT2D eigenvalue weighted by molar-refractivity contribution is 14.0. The number of hydrogen-bond acceptors (Lipinski definition) is 3. The van der Waals surface area contributed by atoms with E-state index < -0.39 is 0 Å². The van der Waals surface area contributed by atoms with Crippen molar-refractivity contribution < 1.29 is 0 Å². The monoisotopic (exact) mass is 434 g/mol. The van der Waals surface area contributed by atoms with E-state index in [4.69, 9.17) is 0 Å². The highest BCUT2D eigenvalue weighted by Crippen LogP contribution is 2.31. The minimum Gasteiger partial charge on any atom is -0.352 e. The maximum atomic E-state index is 4.37. The molecule has 0 spiro atoms. The number of thiophene rings is 1. The third-order valence-electron chi connectivity index (χ3n) is 4.48. The van der Waals surface area contributed by atoms with Crippen molar-refractivity contribution in [2.75, 3.05) is 20.1 Å². The van der Waals surface area contributed by atoms with Gasteiger partial charge in [0.05, 0.1) is 6.54 Å². The number of nitrogens with zero attached hydrogens (tertiary/aromatic N) is 2. The molecule has 1 aliphatic heterocycles. The Kier molecular flexibility index (Phi) is 6.52. The van der Waals surface area contributed by atoms with Crippen LogP contribution in [0.2, 0.25) is 0 Å². The first-order valence-electron chi connectivity index (χ1n) is 7.92. The molecule has 2 aliphatic rings. The summed E-state index contributed by atoms with van der Waals surface area (Å²) in [6.45, 7) is 7.73. The highest BCUT2D eigenvalue weighted by atomic mass is 127. The first kappa shape index (κ1) is 18.0. The van der Waals surface area contributed by atoms with Gasteiger partial charge in [0.25, 0.3) is 0 Å². The third kappa shape index (κ3) is 4.58. The smallest absolute Gasteiger partial charge is 0.191 e. The van der Waals surface area contributed by atoms with Gasteiger partial charge >= 0.3 is 0 Å². The summed E-state index contributed by atoms with van der Waals surface area (Å²) in [4.78, 5) is 9.73. The number of nitrogens with one attached hydrogen (secondary N) is 2. The van der Waals surface area contributed by atoms with E-state index in [1.807, 2.05) is 18.4 Å². The zero-order valence-electron chi connectivity index (χ0n) is 13.6. The second kappa shape index (κ2) is 7.97. The SMILES string of the molecule is CN=C(NCc1ccc(C)s1)NC1CN(C2CC2)CC1C.I. The summed E-state index contributed by atoms with van der Waals surface area (Å²) in [6, 6.07) is 5.74. The van der Waals surface area contributed by atoms with Crippen molar-refractivity contribution in [1.82, 2.24) is 15.5 Å². The molecule has 2 unspecified atom stereocenters. The molecule has 0 aromatic carbocycles. The largest absolute Gasteiger partial charge is 0.352 e. The summed E-state index contributed by atoms with van der Waals surface area (Å²) >= 11 is 1.84. The topological polar surface area (TPSA) is 39.7 Å². The molecular weight excluding hydrogens is 407 g/mol. The van der Waals surface area contributed by atoms with Gasteiger partial charge in [-0.3, -0.25) is 9.89 Å². The van der Waals surface area contributed by atoms with E-state index in [0.717, 1.165) is 25.1 Å². The van der Waals surface area contributed by atoms with Crippen molar-refractivity contribution in [1.29, 1.82) is 0 Å². The van der Waals surface area contributed by atoms with Crippen LogP contribution in [-0.2, 0) is 6.54 Å². The first-order valence-corrected chi connectivity index (χ1v) is 8.74. The highest BCUT2D eigenvalue weighted by Gasteiger charge is 2.38. The van der Waals surface area contributed by atoms with Crippen LogP contribution < -0.4 is 10.6 Å². The summed E-state index contributed by atoms with van der Waals surface area (Å²) in [5.41, 5.74) is 0. The molecule has 3 rings (SSSR count). The van der Waals surface area contributed by atoms with Crippen LogP contribution in [0.15, 0.2) is 17.1 Å². The lowest BCUT2D eigenvalue weighted by Crippen LogP contribution is -2.46. The van der Waals surface area contributed by atoms with Gasteiger partial charge in [0, 0.05) is 42.0 Å². The lowest BCUT2D eigenvalue weighted by Gasteiger charge is -2.20. The third-order valence-corrected chi connectivity index (χ3v) is 5.48. The standard InChI is InChI=1S/C16H26N4S.HI/c1-11-9-20(13-5-6-13)10-15(11)19-16(17-3)18-8-14-7-4-12(2)21-14;/h4,7,11,13,15H,5-6,8-10H2,1-3H3,(H2,17,18,19);1H. The average molecular weight is 434 g/mol. The fourth-order valence-corrected chi connectivity index (χ4v) is 3.88. The Balaban J connectivity index is 0.00000176. The van der Waals surface area contributed by atoms with E-state index in [-0.39, 0.29) is 24.0 Å². The molecule has 1 aliphatic carbocycles. The minimum absolute atomic E-state index is 0. The number of likely N-dealkylation sites (tertiary alicyclic amines) is 1. The summed E-state index contributed by atoms with van der Waals surface area (Å²) in [6.07, 6.45) is 2.79. The van der Waals surface area contributed by atoms with E-state index >= 15 is 0 Å². The number of rotatable bonds is 4. The van der Waals surface area contributed by atoms with Gasteiger partial charge in [-0.1, -0.05) is 6.92 Å². The quantitative estimate of drug-likeness (QED) is 0.435. The Morgan fingerprint density at radius 3 is 2.73 bits per heavy atom. The molecule has 124 valence electrons. The second-order valence-corrected chi connectivity index (χ2v) is 7.72. The molecule has 2 fully saturated rings. The molecule has 1 saturated carbocycles. The Morgan fingerprint density at radius 1 is 1.36 bits per heavy atom. The molecule has 2 N–H and O–H groups in total. The van der Waals surface area contributed by atoms with Crippen LogP contribution >= 0.6 is 35.3 Å². The molecule has 1 aromatic rings. The number of aliphatic imine (C=N–C) groups is 1. The molecule has 22 heavy (non-hydrogen) atoms. The molecule has 4 nitrogen and oxygen atoms in total. The predicted molar refractivity (Wildman–Crippen MR) is 105 cm³/mol. The number of hydrogen-bond donors (Lipinski definition) is 2. The van der Waals surface area contributed by atoms with E-state index in [9.17, 15) is 0 Å². The maximum absolute atomic E-state index is 4.37. The van der Waals surface area contributed by atoms with Crippen molar-refractivity contribution in [3.63, 3.8) is 0 Å². The summed E-state index contributed by atoms with van der Waals surface area (Å²) in [5.74, 6) is 1.61. The Bertz CT molecular complexity index is 512. The Morgan fingerprint density at radius 2 is 2.14 bits per heavy atom. The van der Waals surface area contributed by atoms with Crippen LogP contribution in [-0.4, -0.2) is 43.1 Å². The Labute approximate surface area is 154 Å². The van der Waals surface area contributed by atoms with Gasteiger partial charge in [-0.15, -0.1) is 35.3 Å². The molecule has 2 heterocycles. The first-order chi connectivity index (χ1) is 10.2. The van der Waals surface area contributed by atoms with Gasteiger partial charge in [-0.25, -0.2) is 0 Å². The van der Waals surface area contributed by atoms with Gasteiger partial charge in [0.1, 0.15) is 0 Å². The van der Waals surface area contributed by atoms with Crippen LogP contribution in [0, 0.1) is 12.8 Å². The molecule has 2 atom stereocenters. The normalized spacial score (nSPS) is 25.9. The zero-order valence-corrected chi connectivity index (χ0v) is 16.8. The van der Waals surface area contributed by atoms with Crippen LogP contribution in [0.25, 0.3) is 0 Å². The molecular formula is C16H27IN4S. The fourth-order valence-electron chi connectivity index (χ4n) is 3.05. The van der Waals surface area contributed by atoms with Gasteiger partial charge in [0.15, 0.2) is 5.96 Å². The van der Waals surface area contributed by atoms with Crippen molar-refractivity contribution in [2.45, 2.75) is 45.3 Å². The van der Waals surface area contributed by atoms with E-state index in [1.54, 1.807) is 0 Å². The average Bonchev–Trinajstić information content (AvgIpc) is 3.14. The summed E-state index contributed by atoms with van der Waals surface area (Å²) in [5, 5.41) is 7.04. The fraction of sp³-hybridized carbons (Fsp3) is 0.688. The maximum Gasteiger partial charge on any atom is 0.191 e. The van der Waals surface area contributed by atoms with Crippen molar-refractivity contribution in [2.24, 2.45) is 10.9 Å². The molecule has 0 bridgehead atoms. The molecule has 6 heteroatoms. The van der Waals surface area contributed by atoms with E-state index in [0.29, 0.717) is 12.0 Å². The zero-order chi connectivity index (χ0) is 14.8. The predicted octanol–water partition coefficient (Wildman–Crippen LogP) is 2.82. The van der Waals surface area contributed by atoms with Crippen molar-refractivity contribution in [3.8, 4) is 0 Å². The van der Waals surface area contributed by atoms with E-state index in [2.05, 4.69) is 46.5 Å². The van der Waals surface area contributed by atoms with Crippen LogP contribution in [0.1, 0.15) is 29.5 Å². The van der Waals surface area contributed by atoms with Crippen molar-refractivity contribution in [3.05, 3.63) is 21.9 Å². The lowest BCUT2D eigenvalue weighted by molar-refractivity contribution is 0.315. The van der Waals surface area contributed by atoms with Gasteiger partial charge in [0.2, 0.25) is 0 Å². The summed E-state index contributed by atoms with van der Waals surface area (Å²) < 4.78 is 0. The number of guanidine groups is 1. The molecule has 1 aromatic heterocycles. The van der Waals surface area contributed by atoms with Crippen LogP contribution in [0.4, 0.5) is 0 Å². The Hall–Kier alpha value is -0.340. The molecule has 0 amide bonds. The van der Waals surface area contributed by atoms with Crippen LogP contribution in [0.5, 0.6) is 0 Å². The minimum atomic E-state index is 0. The van der Waals surface area contributed by atoms with Gasteiger partial charge in [-0.05, 0) is 37.8 Å². The summed E-state index contributed by atoms with van der Waals surface area (Å²) in [7, 11) is 1.85. The molecule has 1 saturated heterocycles. The van der Waals surface area contributed by atoms with Gasteiger partial charge in [-0.2, -0.15) is 0 Å². The number of aryl methyl sites for hydroxylation is 1. The van der Waals surface area contributed by atoms with Crippen LogP contribution in [0.3, 0.4) is 0 Å². The lowest BCUT2D eigenvalue weighted by atomic mass is 10.1. The van der Waals surface area contributed by atoms with Gasteiger partial charge < -0.3 is 10.6 Å².